The molecule has 5 aromatic rings. The molecule has 43 heavy (non-hydrogen) atoms. The molecule has 0 saturated heterocycles. The molecular weight excluding hydrogens is 648 g/mol. The van der Waals surface area contributed by atoms with Crippen molar-refractivity contribution in [2.24, 2.45) is 4.99 Å². The van der Waals surface area contributed by atoms with Gasteiger partial charge in [0.2, 0.25) is 0 Å². The van der Waals surface area contributed by atoms with Crippen LogP contribution in [0.15, 0.2) is 98.3 Å². The molecule has 0 fully saturated rings. The van der Waals surface area contributed by atoms with Crippen molar-refractivity contribution in [1.29, 1.82) is 0 Å². The number of carbonyl (C=O) groups is 3. The van der Waals surface area contributed by atoms with Gasteiger partial charge < -0.3 is 14.8 Å². The molecule has 0 spiro atoms. The number of halogens is 1. The highest BCUT2D eigenvalue weighted by Crippen LogP contribution is 2.39. The molecule has 0 radical (unpaired) electrons. The monoisotopic (exact) mass is 674 g/mol. The molecule has 7 nitrogen and oxygen atoms in total. The molecule has 0 aliphatic rings. The molecule has 218 valence electrons. The number of nitrogens with one attached hydrogen (secondary N) is 1. The van der Waals surface area contributed by atoms with E-state index >= 15 is 0 Å². The largest absolute Gasteiger partial charge is 0.506 e. The number of thiophene rings is 2. The predicted octanol–water partition coefficient (Wildman–Crippen LogP) is 7.98. The molecule has 0 unspecified atom stereocenters. The summed E-state index contributed by atoms with van der Waals surface area (Å²) in [6.07, 6.45) is 2.36. The zero-order valence-corrected chi connectivity index (χ0v) is 26.4. The average Bonchev–Trinajstić information content (AvgIpc) is 3.80. The predicted molar refractivity (Wildman–Crippen MR) is 174 cm³/mol. The SMILES string of the molecule is CC(=NCC(=O)c1ccc(C(=O)CCc2ccc(C(=O)NCc3ccco3)cc2)s1)c1csc(-c2ccc(Br)cc2)c1O. The first kappa shape index (κ1) is 30.3. The lowest BCUT2D eigenvalue weighted by Crippen LogP contribution is -2.22. The second-order valence-corrected chi connectivity index (χ2v) is 12.6. The molecule has 0 saturated carbocycles. The van der Waals surface area contributed by atoms with Gasteiger partial charge in [0.25, 0.3) is 5.91 Å². The van der Waals surface area contributed by atoms with Crippen molar-refractivity contribution in [2.75, 3.05) is 6.54 Å². The summed E-state index contributed by atoms with van der Waals surface area (Å²) in [7, 11) is 0. The molecule has 5 rings (SSSR count). The van der Waals surface area contributed by atoms with E-state index in [1.807, 2.05) is 41.8 Å². The summed E-state index contributed by atoms with van der Waals surface area (Å²) in [5.41, 5.74) is 3.53. The van der Waals surface area contributed by atoms with Crippen molar-refractivity contribution in [3.63, 3.8) is 0 Å². The highest BCUT2D eigenvalue weighted by atomic mass is 79.9. The highest BCUT2D eigenvalue weighted by molar-refractivity contribution is 9.10. The van der Waals surface area contributed by atoms with Gasteiger partial charge >= 0.3 is 0 Å². The van der Waals surface area contributed by atoms with Gasteiger partial charge in [0.1, 0.15) is 18.1 Å². The van der Waals surface area contributed by atoms with E-state index in [2.05, 4.69) is 26.2 Å². The maximum Gasteiger partial charge on any atom is 0.251 e. The summed E-state index contributed by atoms with van der Waals surface area (Å²) in [4.78, 5) is 44.1. The van der Waals surface area contributed by atoms with Gasteiger partial charge in [0.05, 0.1) is 27.4 Å². The number of nitrogens with zero attached hydrogens (tertiary/aromatic N) is 1. The maximum atomic E-state index is 12.8. The molecule has 0 aliphatic carbocycles. The second kappa shape index (κ2) is 13.9. The van der Waals surface area contributed by atoms with E-state index in [9.17, 15) is 19.5 Å². The fourth-order valence-electron chi connectivity index (χ4n) is 4.29. The van der Waals surface area contributed by atoms with Gasteiger partial charge in [-0.3, -0.25) is 19.4 Å². The number of Topliss-reactive ketones (excluding diaryl/α,β-unsaturated/α-hetero) is 2. The Morgan fingerprint density at radius 2 is 1.67 bits per heavy atom. The van der Waals surface area contributed by atoms with Crippen LogP contribution >= 0.6 is 38.6 Å². The third-order valence-corrected chi connectivity index (χ3v) is 9.45. The number of furan rings is 1. The zero-order chi connectivity index (χ0) is 30.3. The number of hydrogen-bond donors (Lipinski definition) is 2. The lowest BCUT2D eigenvalue weighted by atomic mass is 10.0. The van der Waals surface area contributed by atoms with Crippen molar-refractivity contribution in [2.45, 2.75) is 26.3 Å². The average molecular weight is 676 g/mol. The maximum absolute atomic E-state index is 12.8. The van der Waals surface area contributed by atoms with Crippen LogP contribution in [0.25, 0.3) is 10.4 Å². The Labute approximate surface area is 265 Å². The van der Waals surface area contributed by atoms with Crippen LogP contribution in [0.2, 0.25) is 0 Å². The number of benzene rings is 2. The lowest BCUT2D eigenvalue weighted by molar-refractivity contribution is 0.0945. The Bertz CT molecular complexity index is 1770. The van der Waals surface area contributed by atoms with Crippen LogP contribution in [0.5, 0.6) is 5.75 Å². The normalized spacial score (nSPS) is 11.4. The second-order valence-electron chi connectivity index (χ2n) is 9.70. The van der Waals surface area contributed by atoms with Gasteiger partial charge in [0, 0.05) is 33.1 Å². The van der Waals surface area contributed by atoms with Crippen LogP contribution in [0, 0.1) is 0 Å². The number of aromatic hydroxyl groups is 1. The minimum atomic E-state index is -0.202. The van der Waals surface area contributed by atoms with Crippen LogP contribution in [0.3, 0.4) is 0 Å². The Balaban J connectivity index is 1.12. The molecule has 2 aromatic carbocycles. The first-order valence-corrected chi connectivity index (χ1v) is 15.9. The van der Waals surface area contributed by atoms with E-state index in [0.717, 1.165) is 20.5 Å². The highest BCUT2D eigenvalue weighted by Gasteiger charge is 2.17. The van der Waals surface area contributed by atoms with E-state index in [4.69, 9.17) is 4.42 Å². The van der Waals surface area contributed by atoms with Crippen LogP contribution < -0.4 is 5.32 Å². The van der Waals surface area contributed by atoms with Gasteiger partial charge in [-0.2, -0.15) is 0 Å². The van der Waals surface area contributed by atoms with Crippen molar-refractivity contribution >= 4 is 61.8 Å². The smallest absolute Gasteiger partial charge is 0.251 e. The minimum Gasteiger partial charge on any atom is -0.506 e. The van der Waals surface area contributed by atoms with Crippen molar-refractivity contribution in [3.05, 3.63) is 121 Å². The first-order valence-electron chi connectivity index (χ1n) is 13.4. The number of hydrogen-bond acceptors (Lipinski definition) is 8. The number of amides is 1. The van der Waals surface area contributed by atoms with E-state index in [-0.39, 0.29) is 36.2 Å². The third kappa shape index (κ3) is 7.64. The molecule has 3 heterocycles. The number of rotatable bonds is 12. The Morgan fingerprint density at radius 1 is 0.953 bits per heavy atom. The van der Waals surface area contributed by atoms with Gasteiger partial charge in [0.15, 0.2) is 11.6 Å². The van der Waals surface area contributed by atoms with E-state index in [0.29, 0.717) is 45.3 Å². The summed E-state index contributed by atoms with van der Waals surface area (Å²) in [6.45, 7) is 2.00. The molecule has 1 amide bonds. The van der Waals surface area contributed by atoms with Crippen LogP contribution in [0.4, 0.5) is 0 Å². The Morgan fingerprint density at radius 3 is 2.37 bits per heavy atom. The van der Waals surface area contributed by atoms with E-state index in [1.165, 1.54) is 22.7 Å². The Kier molecular flexibility index (Phi) is 9.81. The van der Waals surface area contributed by atoms with E-state index in [1.54, 1.807) is 49.6 Å². The fraction of sp³-hybridized carbons (Fsp3) is 0.152. The topological polar surface area (TPSA) is 109 Å². The third-order valence-electron chi connectivity index (χ3n) is 6.74. The Hall–Kier alpha value is -4.12. The van der Waals surface area contributed by atoms with Gasteiger partial charge in [-0.05, 0) is 73.0 Å². The quantitative estimate of drug-likeness (QED) is 0.103. The standard InChI is InChI=1S/C33H27BrN2O5S2/c1-20(26-19-42-32(31(26)39)22-9-11-24(34)12-10-22)35-18-28(38)30-15-14-29(43-30)27(37)13-6-21-4-7-23(8-5-21)33(40)36-17-25-3-2-16-41-25/h2-5,7-12,14-16,19,39H,6,13,17-18H2,1H3,(H,36,40). The van der Waals surface area contributed by atoms with Gasteiger partial charge in [-0.15, -0.1) is 22.7 Å². The number of aryl methyl sites for hydroxylation is 1. The van der Waals surface area contributed by atoms with Gasteiger partial charge in [-0.25, -0.2) is 0 Å². The van der Waals surface area contributed by atoms with Crippen molar-refractivity contribution in [3.8, 4) is 16.2 Å². The molecule has 3 aromatic heterocycles. The van der Waals surface area contributed by atoms with Crippen LogP contribution in [-0.2, 0) is 13.0 Å². The number of ketones is 2. The molecule has 10 heteroatoms. The number of aliphatic imine (C=N–C) groups is 1. The summed E-state index contributed by atoms with van der Waals surface area (Å²) >= 11 is 6.01. The fourth-order valence-corrected chi connectivity index (χ4v) is 6.47. The first-order chi connectivity index (χ1) is 20.8. The summed E-state index contributed by atoms with van der Waals surface area (Å²) in [5.74, 6) is 0.384. The van der Waals surface area contributed by atoms with Crippen molar-refractivity contribution in [1.82, 2.24) is 5.32 Å². The van der Waals surface area contributed by atoms with Crippen LogP contribution in [0.1, 0.15) is 59.9 Å². The summed E-state index contributed by atoms with van der Waals surface area (Å²) < 4.78 is 6.18. The molecule has 0 aliphatic heterocycles. The summed E-state index contributed by atoms with van der Waals surface area (Å²) in [6, 6.07) is 21.7. The zero-order valence-electron chi connectivity index (χ0n) is 23.1. The molecular formula is C33H27BrN2O5S2. The molecule has 0 atom stereocenters. The van der Waals surface area contributed by atoms with Crippen molar-refractivity contribution < 1.29 is 23.9 Å². The van der Waals surface area contributed by atoms with Gasteiger partial charge in [-0.1, -0.05) is 40.2 Å². The van der Waals surface area contributed by atoms with Crippen LogP contribution in [-0.4, -0.2) is 34.8 Å². The minimum absolute atomic E-state index is 0.0485. The number of carbonyl (C=O) groups excluding carboxylic acids is 3. The molecule has 2 N–H and O–H groups in total. The van der Waals surface area contributed by atoms with E-state index < -0.39 is 0 Å². The summed E-state index contributed by atoms with van der Waals surface area (Å²) in [5, 5.41) is 15.4. The molecule has 0 bridgehead atoms. The lowest BCUT2D eigenvalue weighted by Gasteiger charge is -2.05.